The zero-order valence-electron chi connectivity index (χ0n) is 10.3. The zero-order chi connectivity index (χ0) is 12.4. The maximum atomic E-state index is 14.1. The second kappa shape index (κ2) is 4.81. The Morgan fingerprint density at radius 2 is 1.56 bits per heavy atom. The predicted octanol–water partition coefficient (Wildman–Crippen LogP) is 4.09. The number of benzene rings is 2. The number of nitrogens with zero attached hydrogens (tertiary/aromatic N) is 1. The first-order valence-electron chi connectivity index (χ1n) is 6.44. The molecule has 3 rings (SSSR count). The van der Waals surface area contributed by atoms with Crippen LogP contribution < -0.4 is 4.90 Å². The molecule has 0 aliphatic carbocycles. The molecule has 0 amide bonds. The van der Waals surface area contributed by atoms with Crippen molar-refractivity contribution >= 4 is 5.69 Å². The first kappa shape index (κ1) is 11.3. The van der Waals surface area contributed by atoms with E-state index in [9.17, 15) is 4.39 Å². The van der Waals surface area contributed by atoms with E-state index in [0.29, 0.717) is 0 Å². The van der Waals surface area contributed by atoms with E-state index in [1.165, 1.54) is 12.8 Å². The van der Waals surface area contributed by atoms with Crippen molar-refractivity contribution in [2.45, 2.75) is 12.8 Å². The fourth-order valence-electron chi connectivity index (χ4n) is 2.53. The molecule has 92 valence electrons. The molecule has 1 aliphatic rings. The van der Waals surface area contributed by atoms with Crippen LogP contribution in [0.3, 0.4) is 0 Å². The molecule has 1 nitrogen and oxygen atoms in total. The minimum absolute atomic E-state index is 0.113. The van der Waals surface area contributed by atoms with Gasteiger partial charge < -0.3 is 4.90 Å². The van der Waals surface area contributed by atoms with Gasteiger partial charge in [0.05, 0.1) is 5.69 Å². The Bertz CT molecular complexity index is 530. The van der Waals surface area contributed by atoms with E-state index >= 15 is 0 Å². The highest BCUT2D eigenvalue weighted by Crippen LogP contribution is 2.28. The van der Waals surface area contributed by atoms with Gasteiger partial charge in [-0.3, -0.25) is 0 Å². The van der Waals surface area contributed by atoms with Crippen LogP contribution >= 0.6 is 0 Å². The number of hydrogen-bond acceptors (Lipinski definition) is 1. The van der Waals surface area contributed by atoms with E-state index in [-0.39, 0.29) is 5.82 Å². The summed E-state index contributed by atoms with van der Waals surface area (Å²) in [5, 5.41) is 0. The van der Waals surface area contributed by atoms with Crippen molar-refractivity contribution in [1.29, 1.82) is 0 Å². The van der Waals surface area contributed by atoms with Gasteiger partial charge in [-0.15, -0.1) is 0 Å². The highest BCUT2D eigenvalue weighted by atomic mass is 19.1. The highest BCUT2D eigenvalue weighted by Gasteiger charge is 2.16. The molecule has 0 radical (unpaired) electrons. The Kier molecular flexibility index (Phi) is 3.01. The number of anilines is 1. The summed E-state index contributed by atoms with van der Waals surface area (Å²) in [4.78, 5) is 2.13. The first-order chi connectivity index (χ1) is 8.84. The van der Waals surface area contributed by atoms with Crippen molar-refractivity contribution < 1.29 is 4.39 Å². The van der Waals surface area contributed by atoms with E-state index in [2.05, 4.69) is 4.90 Å². The third kappa shape index (κ3) is 2.10. The van der Waals surface area contributed by atoms with Gasteiger partial charge in [0.1, 0.15) is 5.82 Å². The maximum absolute atomic E-state index is 14.1. The van der Waals surface area contributed by atoms with E-state index in [1.54, 1.807) is 6.07 Å². The molecule has 0 spiro atoms. The average molecular weight is 241 g/mol. The normalized spacial score (nSPS) is 15.1. The summed E-state index contributed by atoms with van der Waals surface area (Å²) in [6, 6.07) is 15.5. The molecule has 0 atom stereocenters. The summed E-state index contributed by atoms with van der Waals surface area (Å²) in [6.45, 7) is 1.95. The van der Waals surface area contributed by atoms with E-state index in [1.807, 2.05) is 42.5 Å². The molecule has 0 aromatic heterocycles. The van der Waals surface area contributed by atoms with Gasteiger partial charge in [0.15, 0.2) is 0 Å². The summed E-state index contributed by atoms with van der Waals surface area (Å²) >= 11 is 0. The largest absolute Gasteiger partial charge is 0.369 e. The third-order valence-electron chi connectivity index (χ3n) is 3.50. The Balaban J connectivity index is 1.94. The molecular weight excluding hydrogens is 225 g/mol. The van der Waals surface area contributed by atoms with Gasteiger partial charge in [0.2, 0.25) is 0 Å². The van der Waals surface area contributed by atoms with Crippen molar-refractivity contribution in [2.24, 2.45) is 0 Å². The van der Waals surface area contributed by atoms with Gasteiger partial charge >= 0.3 is 0 Å². The van der Waals surface area contributed by atoms with Gasteiger partial charge in [-0.05, 0) is 36.1 Å². The van der Waals surface area contributed by atoms with Gasteiger partial charge in [-0.1, -0.05) is 36.4 Å². The maximum Gasteiger partial charge on any atom is 0.147 e. The summed E-state index contributed by atoms with van der Waals surface area (Å²) < 4.78 is 14.1. The van der Waals surface area contributed by atoms with Crippen LogP contribution in [0, 0.1) is 5.82 Å². The number of hydrogen-bond donors (Lipinski definition) is 0. The molecule has 0 N–H and O–H groups in total. The van der Waals surface area contributed by atoms with Crippen molar-refractivity contribution in [1.82, 2.24) is 0 Å². The van der Waals surface area contributed by atoms with Gasteiger partial charge in [-0.2, -0.15) is 0 Å². The lowest BCUT2D eigenvalue weighted by Crippen LogP contribution is -2.18. The second-order valence-electron chi connectivity index (χ2n) is 4.73. The molecule has 1 saturated heterocycles. The molecule has 1 aliphatic heterocycles. The molecule has 2 aromatic rings. The Labute approximate surface area is 107 Å². The standard InChI is InChI=1S/C16H16FN/c17-15-12-14(13-6-2-1-3-7-13)8-9-16(15)18-10-4-5-11-18/h1-3,6-9,12H,4-5,10-11H2. The molecule has 2 heteroatoms. The SMILES string of the molecule is Fc1cc(-c2ccccc2)ccc1N1CCCC1. The van der Waals surface area contributed by atoms with Crippen LogP contribution in [0.15, 0.2) is 48.5 Å². The first-order valence-corrected chi connectivity index (χ1v) is 6.44. The topological polar surface area (TPSA) is 3.24 Å². The quantitative estimate of drug-likeness (QED) is 0.765. The van der Waals surface area contributed by atoms with E-state index in [0.717, 1.165) is 29.9 Å². The molecule has 2 aromatic carbocycles. The fraction of sp³-hybridized carbons (Fsp3) is 0.250. The van der Waals surface area contributed by atoms with Crippen LogP contribution in [0.4, 0.5) is 10.1 Å². The minimum atomic E-state index is -0.113. The summed E-state index contributed by atoms with van der Waals surface area (Å²) in [5.41, 5.74) is 2.74. The Hall–Kier alpha value is -1.83. The number of rotatable bonds is 2. The second-order valence-corrected chi connectivity index (χ2v) is 4.73. The van der Waals surface area contributed by atoms with Crippen molar-refractivity contribution in [3.05, 3.63) is 54.3 Å². The van der Waals surface area contributed by atoms with Crippen LogP contribution in [-0.4, -0.2) is 13.1 Å². The smallest absolute Gasteiger partial charge is 0.147 e. The molecule has 0 bridgehead atoms. The predicted molar refractivity (Wildman–Crippen MR) is 73.3 cm³/mol. The van der Waals surface area contributed by atoms with Gasteiger partial charge in [-0.25, -0.2) is 4.39 Å². The number of halogens is 1. The fourth-order valence-corrected chi connectivity index (χ4v) is 2.53. The van der Waals surface area contributed by atoms with Crippen molar-refractivity contribution in [2.75, 3.05) is 18.0 Å². The van der Waals surface area contributed by atoms with E-state index < -0.39 is 0 Å². The molecule has 18 heavy (non-hydrogen) atoms. The Morgan fingerprint density at radius 1 is 0.833 bits per heavy atom. The zero-order valence-corrected chi connectivity index (χ0v) is 10.3. The van der Waals surface area contributed by atoms with Crippen LogP contribution in [0.1, 0.15) is 12.8 Å². The monoisotopic (exact) mass is 241 g/mol. The summed E-state index contributed by atoms with van der Waals surface area (Å²) in [6.07, 6.45) is 2.33. The van der Waals surface area contributed by atoms with Crippen LogP contribution in [0.2, 0.25) is 0 Å². The van der Waals surface area contributed by atoms with Crippen LogP contribution in [0.25, 0.3) is 11.1 Å². The van der Waals surface area contributed by atoms with Gasteiger partial charge in [0.25, 0.3) is 0 Å². The molecule has 1 heterocycles. The molecule has 0 unspecified atom stereocenters. The molecule has 0 saturated carbocycles. The van der Waals surface area contributed by atoms with Gasteiger partial charge in [0, 0.05) is 13.1 Å². The van der Waals surface area contributed by atoms with Crippen molar-refractivity contribution in [3.8, 4) is 11.1 Å². The van der Waals surface area contributed by atoms with Crippen LogP contribution in [0.5, 0.6) is 0 Å². The average Bonchev–Trinajstić information content (AvgIpc) is 2.93. The third-order valence-corrected chi connectivity index (χ3v) is 3.50. The molecular formula is C16H16FN. The van der Waals surface area contributed by atoms with E-state index in [4.69, 9.17) is 0 Å². The lowest BCUT2D eigenvalue weighted by Gasteiger charge is -2.18. The highest BCUT2D eigenvalue weighted by molar-refractivity contribution is 5.66. The van der Waals surface area contributed by atoms with Crippen LogP contribution in [-0.2, 0) is 0 Å². The summed E-state index contributed by atoms with van der Waals surface area (Å²) in [5.74, 6) is -0.113. The van der Waals surface area contributed by atoms with Crippen molar-refractivity contribution in [3.63, 3.8) is 0 Å². The lowest BCUT2D eigenvalue weighted by atomic mass is 10.1. The lowest BCUT2D eigenvalue weighted by molar-refractivity contribution is 0.623. The Morgan fingerprint density at radius 3 is 2.22 bits per heavy atom. The molecule has 1 fully saturated rings. The minimum Gasteiger partial charge on any atom is -0.369 e. The summed E-state index contributed by atoms with van der Waals surface area (Å²) in [7, 11) is 0.